The summed E-state index contributed by atoms with van der Waals surface area (Å²) < 4.78 is 0. The highest BCUT2D eigenvalue weighted by atomic mass is 14.6. The molecule has 0 N–H and O–H groups in total. The SMILES string of the molecule is N#C/C(=C(/C#N)c1cccnc1)c1cccnc1. The molecule has 2 aromatic heterocycles. The van der Waals surface area contributed by atoms with E-state index in [1.807, 2.05) is 0 Å². The Morgan fingerprint density at radius 3 is 1.56 bits per heavy atom. The summed E-state index contributed by atoms with van der Waals surface area (Å²) in [6, 6.07) is 11.1. The summed E-state index contributed by atoms with van der Waals surface area (Å²) in [5, 5.41) is 18.5. The molecule has 4 nitrogen and oxygen atoms in total. The fourth-order valence-electron chi connectivity index (χ4n) is 1.55. The molecule has 0 aliphatic rings. The largest absolute Gasteiger partial charge is 0.264 e. The Labute approximate surface area is 104 Å². The molecule has 2 rings (SSSR count). The number of allylic oxidation sites excluding steroid dienone is 2. The zero-order chi connectivity index (χ0) is 12.8. The molecule has 0 amide bonds. The van der Waals surface area contributed by atoms with Crippen LogP contribution in [0.2, 0.25) is 0 Å². The van der Waals surface area contributed by atoms with E-state index in [9.17, 15) is 10.5 Å². The van der Waals surface area contributed by atoms with Crippen LogP contribution in [-0.2, 0) is 0 Å². The average Bonchev–Trinajstić information content (AvgIpc) is 2.46. The maximum absolute atomic E-state index is 9.24. The van der Waals surface area contributed by atoms with Crippen LogP contribution in [0.5, 0.6) is 0 Å². The van der Waals surface area contributed by atoms with Gasteiger partial charge in [-0.1, -0.05) is 12.1 Å². The topological polar surface area (TPSA) is 73.4 Å². The van der Waals surface area contributed by atoms with Gasteiger partial charge in [-0.2, -0.15) is 10.5 Å². The fourth-order valence-corrected chi connectivity index (χ4v) is 1.55. The predicted octanol–water partition coefficient (Wildman–Crippen LogP) is 2.43. The number of hydrogen-bond donors (Lipinski definition) is 0. The van der Waals surface area contributed by atoms with Gasteiger partial charge in [-0.25, -0.2) is 0 Å². The molecule has 4 heteroatoms. The third kappa shape index (κ3) is 2.23. The molecule has 2 aromatic rings. The Hall–Kier alpha value is -2.98. The first-order valence-electron chi connectivity index (χ1n) is 5.22. The van der Waals surface area contributed by atoms with Crippen LogP contribution >= 0.6 is 0 Å². The molecule has 84 valence electrons. The maximum Gasteiger partial charge on any atom is 0.101 e. The second-order valence-electron chi connectivity index (χ2n) is 3.46. The van der Waals surface area contributed by atoms with Gasteiger partial charge in [0, 0.05) is 35.9 Å². The van der Waals surface area contributed by atoms with Crippen LogP contribution in [0.3, 0.4) is 0 Å². The number of pyridine rings is 2. The van der Waals surface area contributed by atoms with Gasteiger partial charge in [0.1, 0.15) is 12.1 Å². The molecule has 0 saturated heterocycles. The van der Waals surface area contributed by atoms with Gasteiger partial charge in [-0.3, -0.25) is 9.97 Å². The summed E-state index contributed by atoms with van der Waals surface area (Å²) in [4.78, 5) is 7.91. The molecule has 0 fully saturated rings. The van der Waals surface area contributed by atoms with Gasteiger partial charge in [-0.05, 0) is 12.1 Å². The van der Waals surface area contributed by atoms with Crippen LogP contribution in [0.4, 0.5) is 0 Å². The normalized spacial score (nSPS) is 11.0. The van der Waals surface area contributed by atoms with E-state index < -0.39 is 0 Å². The number of nitriles is 2. The predicted molar refractivity (Wildman–Crippen MR) is 66.5 cm³/mol. The van der Waals surface area contributed by atoms with Gasteiger partial charge < -0.3 is 0 Å². The van der Waals surface area contributed by atoms with E-state index in [2.05, 4.69) is 22.1 Å². The van der Waals surface area contributed by atoms with E-state index in [0.29, 0.717) is 22.3 Å². The maximum atomic E-state index is 9.24. The van der Waals surface area contributed by atoms with Crippen molar-refractivity contribution in [2.75, 3.05) is 0 Å². The Balaban J connectivity index is 2.63. The van der Waals surface area contributed by atoms with Gasteiger partial charge in [0.05, 0.1) is 11.1 Å². The highest BCUT2D eigenvalue weighted by Gasteiger charge is 2.11. The van der Waals surface area contributed by atoms with E-state index in [1.54, 1.807) is 49.1 Å². The molecule has 0 unspecified atom stereocenters. The van der Waals surface area contributed by atoms with Gasteiger partial charge in [-0.15, -0.1) is 0 Å². The molecule has 0 aromatic carbocycles. The Morgan fingerprint density at radius 2 is 1.28 bits per heavy atom. The summed E-state index contributed by atoms with van der Waals surface area (Å²) in [7, 11) is 0. The highest BCUT2D eigenvalue weighted by molar-refractivity contribution is 6.02. The number of nitrogens with zero attached hydrogens (tertiary/aromatic N) is 4. The van der Waals surface area contributed by atoms with E-state index in [-0.39, 0.29) is 0 Å². The van der Waals surface area contributed by atoms with Crippen molar-refractivity contribution in [3.8, 4) is 12.1 Å². The van der Waals surface area contributed by atoms with Crippen LogP contribution < -0.4 is 0 Å². The third-order valence-corrected chi connectivity index (χ3v) is 2.37. The molecule has 0 radical (unpaired) electrons. The number of hydrogen-bond acceptors (Lipinski definition) is 4. The van der Waals surface area contributed by atoms with Crippen LogP contribution in [0.15, 0.2) is 49.1 Å². The van der Waals surface area contributed by atoms with Gasteiger partial charge in [0.25, 0.3) is 0 Å². The lowest BCUT2D eigenvalue weighted by Gasteiger charge is -2.02. The van der Waals surface area contributed by atoms with E-state index in [4.69, 9.17) is 0 Å². The van der Waals surface area contributed by atoms with Gasteiger partial charge in [0.15, 0.2) is 0 Å². The lowest BCUT2D eigenvalue weighted by atomic mass is 9.98. The van der Waals surface area contributed by atoms with Crippen LogP contribution in [0.25, 0.3) is 11.1 Å². The monoisotopic (exact) mass is 232 g/mol. The average molecular weight is 232 g/mol. The van der Waals surface area contributed by atoms with Crippen molar-refractivity contribution in [1.82, 2.24) is 9.97 Å². The van der Waals surface area contributed by atoms with E-state index >= 15 is 0 Å². The molecule has 0 spiro atoms. The minimum atomic E-state index is 0.304. The minimum Gasteiger partial charge on any atom is -0.264 e. The second-order valence-corrected chi connectivity index (χ2v) is 3.46. The molecule has 0 bridgehead atoms. The summed E-state index contributed by atoms with van der Waals surface area (Å²) >= 11 is 0. The minimum absolute atomic E-state index is 0.304. The van der Waals surface area contributed by atoms with Crippen LogP contribution in [-0.4, -0.2) is 9.97 Å². The Kier molecular flexibility index (Phi) is 3.44. The van der Waals surface area contributed by atoms with Crippen molar-refractivity contribution in [3.63, 3.8) is 0 Å². The second kappa shape index (κ2) is 5.38. The van der Waals surface area contributed by atoms with Crippen molar-refractivity contribution in [2.45, 2.75) is 0 Å². The molecule has 0 aliphatic carbocycles. The molecular formula is C14H8N4. The molecule has 0 saturated carbocycles. The van der Waals surface area contributed by atoms with Gasteiger partial charge in [0.2, 0.25) is 0 Å². The molecule has 2 heterocycles. The Morgan fingerprint density at radius 1 is 0.833 bits per heavy atom. The van der Waals surface area contributed by atoms with Crippen molar-refractivity contribution in [1.29, 1.82) is 10.5 Å². The van der Waals surface area contributed by atoms with Gasteiger partial charge >= 0.3 is 0 Å². The first-order chi connectivity index (χ1) is 8.86. The van der Waals surface area contributed by atoms with E-state index in [0.717, 1.165) is 0 Å². The number of aromatic nitrogens is 2. The van der Waals surface area contributed by atoms with Crippen LogP contribution in [0, 0.1) is 22.7 Å². The van der Waals surface area contributed by atoms with Crippen molar-refractivity contribution >= 4 is 11.1 Å². The van der Waals surface area contributed by atoms with E-state index in [1.165, 1.54) is 0 Å². The molecule has 0 atom stereocenters. The fraction of sp³-hybridized carbons (Fsp3) is 0. The number of rotatable bonds is 2. The zero-order valence-corrected chi connectivity index (χ0v) is 9.41. The van der Waals surface area contributed by atoms with Crippen LogP contribution in [0.1, 0.15) is 11.1 Å². The molecular weight excluding hydrogens is 224 g/mol. The molecule has 18 heavy (non-hydrogen) atoms. The quantitative estimate of drug-likeness (QED) is 0.745. The van der Waals surface area contributed by atoms with Crippen molar-refractivity contribution in [3.05, 3.63) is 60.2 Å². The molecule has 0 aliphatic heterocycles. The summed E-state index contributed by atoms with van der Waals surface area (Å²) in [6.07, 6.45) is 6.36. The first kappa shape index (κ1) is 11.5. The zero-order valence-electron chi connectivity index (χ0n) is 9.41. The van der Waals surface area contributed by atoms with Crippen molar-refractivity contribution in [2.24, 2.45) is 0 Å². The lowest BCUT2D eigenvalue weighted by molar-refractivity contribution is 1.30. The standard InChI is InChI=1S/C14H8N4/c15-7-13(11-3-1-5-17-9-11)14(8-16)12-4-2-6-18-10-12/h1-6,9-10H/b14-13+. The lowest BCUT2D eigenvalue weighted by Crippen LogP contribution is -1.90. The summed E-state index contributed by atoms with van der Waals surface area (Å²) in [5.41, 5.74) is 1.86. The Bertz CT molecular complexity index is 586. The third-order valence-electron chi connectivity index (χ3n) is 2.37. The smallest absolute Gasteiger partial charge is 0.101 e. The highest BCUT2D eigenvalue weighted by Crippen LogP contribution is 2.24. The first-order valence-corrected chi connectivity index (χ1v) is 5.22. The van der Waals surface area contributed by atoms with Crippen molar-refractivity contribution < 1.29 is 0 Å². The summed E-state index contributed by atoms with van der Waals surface area (Å²) in [5.74, 6) is 0. The summed E-state index contributed by atoms with van der Waals surface area (Å²) in [6.45, 7) is 0.